The maximum absolute atomic E-state index is 11.1. The normalized spacial score (nSPS) is 12.1. The minimum absolute atomic E-state index is 0.00532. The van der Waals surface area contributed by atoms with Gasteiger partial charge in [0.15, 0.2) is 6.39 Å². The maximum Gasteiger partial charge on any atom is 0.293 e. The third kappa shape index (κ3) is 2.40. The lowest BCUT2D eigenvalue weighted by atomic mass is 10.0. The molecule has 0 saturated heterocycles. The SMILES string of the molecule is CC(=O)C(COC=O)c1cocn1. The zero-order chi connectivity index (χ0) is 9.68. The molecule has 0 spiro atoms. The molecule has 5 heteroatoms. The number of carbonyl (C=O) groups excluding carboxylic acids is 2. The van der Waals surface area contributed by atoms with Gasteiger partial charge in [-0.3, -0.25) is 9.59 Å². The lowest BCUT2D eigenvalue weighted by Crippen LogP contribution is -2.15. The third-order valence-corrected chi connectivity index (χ3v) is 1.63. The Labute approximate surface area is 74.7 Å². The van der Waals surface area contributed by atoms with Crippen LogP contribution in [0.5, 0.6) is 0 Å². The summed E-state index contributed by atoms with van der Waals surface area (Å²) in [6.45, 7) is 1.72. The standard InChI is InChI=1S/C8H9NO4/c1-6(11)7(2-13-5-10)8-3-12-4-9-8/h3-5,7H,2H2,1H3. The molecular formula is C8H9NO4. The summed E-state index contributed by atoms with van der Waals surface area (Å²) in [5.74, 6) is -0.639. The Balaban J connectivity index is 2.68. The lowest BCUT2D eigenvalue weighted by molar-refractivity contribution is -0.130. The second-order valence-electron chi connectivity index (χ2n) is 2.51. The molecular weight excluding hydrogens is 174 g/mol. The summed E-state index contributed by atoms with van der Waals surface area (Å²) in [6.07, 6.45) is 2.59. The quantitative estimate of drug-likeness (QED) is 0.622. The number of hydrogen-bond donors (Lipinski definition) is 0. The van der Waals surface area contributed by atoms with Crippen LogP contribution >= 0.6 is 0 Å². The number of carbonyl (C=O) groups is 2. The molecule has 1 atom stereocenters. The molecule has 1 aromatic rings. The van der Waals surface area contributed by atoms with Crippen LogP contribution in [-0.4, -0.2) is 23.8 Å². The minimum atomic E-state index is -0.524. The van der Waals surface area contributed by atoms with Crippen LogP contribution in [0.4, 0.5) is 0 Å². The van der Waals surface area contributed by atoms with Gasteiger partial charge in [0.25, 0.3) is 6.47 Å². The first-order chi connectivity index (χ1) is 6.25. The lowest BCUT2D eigenvalue weighted by Gasteiger charge is -2.07. The smallest absolute Gasteiger partial charge is 0.293 e. The topological polar surface area (TPSA) is 69.4 Å². The summed E-state index contributed by atoms with van der Waals surface area (Å²) in [6, 6.07) is 0. The fourth-order valence-electron chi connectivity index (χ4n) is 0.940. The van der Waals surface area contributed by atoms with Crippen molar-refractivity contribution in [1.29, 1.82) is 0 Å². The van der Waals surface area contributed by atoms with E-state index in [0.717, 1.165) is 0 Å². The van der Waals surface area contributed by atoms with Crippen LogP contribution in [-0.2, 0) is 14.3 Å². The van der Waals surface area contributed by atoms with Crippen LogP contribution in [0.3, 0.4) is 0 Å². The molecule has 1 aromatic heterocycles. The largest absolute Gasteiger partial charge is 0.467 e. The molecule has 0 fully saturated rings. The van der Waals surface area contributed by atoms with Gasteiger partial charge in [0.05, 0.1) is 11.6 Å². The molecule has 0 N–H and O–H groups in total. The zero-order valence-electron chi connectivity index (χ0n) is 7.10. The number of nitrogens with zero attached hydrogens (tertiary/aromatic N) is 1. The Kier molecular flexibility index (Phi) is 3.19. The zero-order valence-corrected chi connectivity index (χ0v) is 7.10. The van der Waals surface area contributed by atoms with Crippen molar-refractivity contribution in [3.8, 4) is 0 Å². The molecule has 0 radical (unpaired) electrons. The van der Waals surface area contributed by atoms with Gasteiger partial charge in [-0.25, -0.2) is 4.98 Å². The second kappa shape index (κ2) is 4.39. The monoisotopic (exact) mass is 183 g/mol. The Morgan fingerprint density at radius 2 is 2.62 bits per heavy atom. The predicted molar refractivity (Wildman–Crippen MR) is 41.9 cm³/mol. The average Bonchev–Trinajstić information content (AvgIpc) is 2.57. The molecule has 1 heterocycles. The van der Waals surface area contributed by atoms with Gasteiger partial charge in [-0.15, -0.1) is 0 Å². The Bertz CT molecular complexity index is 280. The first kappa shape index (κ1) is 9.44. The van der Waals surface area contributed by atoms with Gasteiger partial charge < -0.3 is 9.15 Å². The first-order valence-corrected chi connectivity index (χ1v) is 3.69. The summed E-state index contributed by atoms with van der Waals surface area (Å²) < 4.78 is 9.22. The number of hydrogen-bond acceptors (Lipinski definition) is 5. The van der Waals surface area contributed by atoms with Crippen molar-refractivity contribution in [2.24, 2.45) is 0 Å². The van der Waals surface area contributed by atoms with Crippen molar-refractivity contribution >= 4 is 12.3 Å². The first-order valence-electron chi connectivity index (χ1n) is 3.69. The number of oxazole rings is 1. The molecule has 0 amide bonds. The van der Waals surface area contributed by atoms with Crippen LogP contribution in [0.1, 0.15) is 18.5 Å². The number of Topliss-reactive ketones (excluding diaryl/α,β-unsaturated/α-hetero) is 1. The highest BCUT2D eigenvalue weighted by molar-refractivity contribution is 5.83. The van der Waals surface area contributed by atoms with Gasteiger partial charge in [-0.2, -0.15) is 0 Å². The second-order valence-corrected chi connectivity index (χ2v) is 2.51. The maximum atomic E-state index is 11.1. The van der Waals surface area contributed by atoms with Crippen LogP contribution in [0, 0.1) is 0 Å². The Hall–Kier alpha value is -1.65. The van der Waals surface area contributed by atoms with E-state index in [1.165, 1.54) is 19.6 Å². The van der Waals surface area contributed by atoms with E-state index >= 15 is 0 Å². The highest BCUT2D eigenvalue weighted by atomic mass is 16.5. The summed E-state index contributed by atoms with van der Waals surface area (Å²) >= 11 is 0. The average molecular weight is 183 g/mol. The predicted octanol–water partition coefficient (Wildman–Crippen LogP) is 0.520. The van der Waals surface area contributed by atoms with E-state index in [2.05, 4.69) is 9.72 Å². The fourth-order valence-corrected chi connectivity index (χ4v) is 0.940. The molecule has 1 unspecified atom stereocenters. The summed E-state index contributed by atoms with van der Waals surface area (Å²) in [7, 11) is 0. The van der Waals surface area contributed by atoms with Gasteiger partial charge in [0.2, 0.25) is 0 Å². The molecule has 0 bridgehead atoms. The van der Waals surface area contributed by atoms with Gasteiger partial charge >= 0.3 is 0 Å². The van der Waals surface area contributed by atoms with E-state index in [4.69, 9.17) is 4.42 Å². The van der Waals surface area contributed by atoms with Crippen molar-refractivity contribution in [3.05, 3.63) is 18.4 Å². The molecule has 13 heavy (non-hydrogen) atoms. The van der Waals surface area contributed by atoms with Crippen LogP contribution in [0.2, 0.25) is 0 Å². The molecule has 1 rings (SSSR count). The molecule has 0 aromatic carbocycles. The molecule has 0 aliphatic heterocycles. The number of ketones is 1. The molecule has 0 aliphatic carbocycles. The fraction of sp³-hybridized carbons (Fsp3) is 0.375. The third-order valence-electron chi connectivity index (χ3n) is 1.63. The molecule has 0 aliphatic rings. The molecule has 0 saturated carbocycles. The van der Waals surface area contributed by atoms with Gasteiger partial charge in [0.1, 0.15) is 18.7 Å². The van der Waals surface area contributed by atoms with Crippen molar-refractivity contribution in [2.45, 2.75) is 12.8 Å². The molecule has 5 nitrogen and oxygen atoms in total. The van der Waals surface area contributed by atoms with E-state index in [0.29, 0.717) is 12.2 Å². The Morgan fingerprint density at radius 1 is 1.85 bits per heavy atom. The van der Waals surface area contributed by atoms with Crippen molar-refractivity contribution in [3.63, 3.8) is 0 Å². The minimum Gasteiger partial charge on any atom is -0.467 e. The van der Waals surface area contributed by atoms with Crippen molar-refractivity contribution < 1.29 is 18.7 Å². The van der Waals surface area contributed by atoms with Crippen LogP contribution < -0.4 is 0 Å². The van der Waals surface area contributed by atoms with Gasteiger partial charge in [-0.05, 0) is 6.92 Å². The highest BCUT2D eigenvalue weighted by Crippen LogP contribution is 2.14. The van der Waals surface area contributed by atoms with Crippen molar-refractivity contribution in [2.75, 3.05) is 6.61 Å². The molecule has 70 valence electrons. The van der Waals surface area contributed by atoms with Crippen molar-refractivity contribution in [1.82, 2.24) is 4.98 Å². The Morgan fingerprint density at radius 3 is 3.08 bits per heavy atom. The van der Waals surface area contributed by atoms with Crippen LogP contribution in [0.15, 0.2) is 17.1 Å². The van der Waals surface area contributed by atoms with E-state index in [9.17, 15) is 9.59 Å². The van der Waals surface area contributed by atoms with Crippen LogP contribution in [0.25, 0.3) is 0 Å². The number of ether oxygens (including phenoxy) is 1. The summed E-state index contributed by atoms with van der Waals surface area (Å²) in [5.41, 5.74) is 0.481. The highest BCUT2D eigenvalue weighted by Gasteiger charge is 2.19. The van der Waals surface area contributed by atoms with E-state index in [1.807, 2.05) is 0 Å². The van der Waals surface area contributed by atoms with Gasteiger partial charge in [-0.1, -0.05) is 0 Å². The van der Waals surface area contributed by atoms with Gasteiger partial charge in [0, 0.05) is 0 Å². The van der Waals surface area contributed by atoms with E-state index in [1.54, 1.807) is 0 Å². The summed E-state index contributed by atoms with van der Waals surface area (Å²) in [5, 5.41) is 0. The van der Waals surface area contributed by atoms with E-state index < -0.39 is 5.92 Å². The summed E-state index contributed by atoms with van der Waals surface area (Å²) in [4.78, 5) is 24.8. The van der Waals surface area contributed by atoms with E-state index in [-0.39, 0.29) is 12.4 Å². The number of aromatic nitrogens is 1. The number of rotatable bonds is 5.